The van der Waals surface area contributed by atoms with Gasteiger partial charge in [0.15, 0.2) is 0 Å². The van der Waals surface area contributed by atoms with Crippen LogP contribution in [0.4, 0.5) is 0 Å². The molecule has 3 saturated heterocycles. The molecular weight excluding hydrogens is 238 g/mol. The number of morpholine rings is 1. The van der Waals surface area contributed by atoms with Crippen molar-refractivity contribution in [2.75, 3.05) is 39.4 Å². The predicted molar refractivity (Wildman–Crippen MR) is 77.2 cm³/mol. The van der Waals surface area contributed by atoms with Crippen molar-refractivity contribution in [1.29, 1.82) is 0 Å². The van der Waals surface area contributed by atoms with Crippen molar-refractivity contribution in [3.8, 4) is 0 Å². The van der Waals surface area contributed by atoms with E-state index in [1.165, 1.54) is 45.2 Å². The fourth-order valence-corrected chi connectivity index (χ4v) is 4.49. The van der Waals surface area contributed by atoms with Crippen molar-refractivity contribution >= 4 is 0 Å². The minimum atomic E-state index is 0.246. The molecule has 0 aromatic heterocycles. The summed E-state index contributed by atoms with van der Waals surface area (Å²) in [7, 11) is 0. The summed E-state index contributed by atoms with van der Waals surface area (Å²) in [6, 6.07) is 1.36. The van der Waals surface area contributed by atoms with Crippen LogP contribution < -0.4 is 5.73 Å². The minimum absolute atomic E-state index is 0.246. The van der Waals surface area contributed by atoms with Gasteiger partial charge in [-0.2, -0.15) is 0 Å². The average Bonchev–Trinajstić information content (AvgIpc) is 2.94. The summed E-state index contributed by atoms with van der Waals surface area (Å²) in [5.74, 6) is 0. The van der Waals surface area contributed by atoms with Crippen LogP contribution in [0.25, 0.3) is 0 Å². The Morgan fingerprint density at radius 2 is 2.21 bits per heavy atom. The van der Waals surface area contributed by atoms with E-state index in [0.717, 1.165) is 32.3 Å². The Hall–Kier alpha value is -0.160. The van der Waals surface area contributed by atoms with Crippen LogP contribution in [0.3, 0.4) is 0 Å². The maximum Gasteiger partial charge on any atom is 0.0622 e. The Balaban J connectivity index is 1.77. The SMILES string of the molecule is CCC1COCCN1C1(CN)CCN2CCCC2C1. The van der Waals surface area contributed by atoms with Crippen LogP contribution in [-0.4, -0.2) is 66.8 Å². The first-order chi connectivity index (χ1) is 9.29. The van der Waals surface area contributed by atoms with Gasteiger partial charge >= 0.3 is 0 Å². The number of hydrogen-bond acceptors (Lipinski definition) is 4. The Bertz CT molecular complexity index is 312. The van der Waals surface area contributed by atoms with Crippen molar-refractivity contribution in [3.63, 3.8) is 0 Å². The van der Waals surface area contributed by atoms with Gasteiger partial charge in [0, 0.05) is 37.3 Å². The number of fused-ring (bicyclic) bond motifs is 1. The van der Waals surface area contributed by atoms with E-state index in [4.69, 9.17) is 10.5 Å². The zero-order valence-corrected chi connectivity index (χ0v) is 12.3. The minimum Gasteiger partial charge on any atom is -0.378 e. The molecule has 0 bridgehead atoms. The smallest absolute Gasteiger partial charge is 0.0622 e. The van der Waals surface area contributed by atoms with Crippen molar-refractivity contribution < 1.29 is 4.74 Å². The normalized spacial score (nSPS) is 41.4. The third-order valence-corrected chi connectivity index (χ3v) is 5.67. The highest BCUT2D eigenvalue weighted by Gasteiger charge is 2.46. The molecule has 0 aromatic carbocycles. The summed E-state index contributed by atoms with van der Waals surface area (Å²) in [5, 5.41) is 0. The molecule has 3 unspecified atom stereocenters. The number of ether oxygens (including phenoxy) is 1. The highest BCUT2D eigenvalue weighted by atomic mass is 16.5. The number of hydrogen-bond donors (Lipinski definition) is 1. The highest BCUT2D eigenvalue weighted by Crippen LogP contribution is 2.38. The summed E-state index contributed by atoms with van der Waals surface area (Å²) in [5.41, 5.74) is 6.51. The summed E-state index contributed by atoms with van der Waals surface area (Å²) >= 11 is 0. The zero-order chi connectivity index (χ0) is 13.3. The standard InChI is InChI=1S/C15H29N3O/c1-2-13-11-19-9-8-18(13)15(12-16)5-7-17-6-3-4-14(17)10-15/h13-14H,2-12,16H2,1H3. The quantitative estimate of drug-likeness (QED) is 0.830. The third-order valence-electron chi connectivity index (χ3n) is 5.67. The molecule has 0 aromatic rings. The van der Waals surface area contributed by atoms with Crippen LogP contribution in [0, 0.1) is 0 Å². The number of piperidine rings is 1. The Labute approximate surface area is 117 Å². The Morgan fingerprint density at radius 3 is 3.00 bits per heavy atom. The van der Waals surface area contributed by atoms with Gasteiger partial charge in [-0.15, -0.1) is 0 Å². The lowest BCUT2D eigenvalue weighted by Crippen LogP contribution is -2.66. The van der Waals surface area contributed by atoms with E-state index < -0.39 is 0 Å². The van der Waals surface area contributed by atoms with E-state index in [1.54, 1.807) is 0 Å². The molecule has 0 saturated carbocycles. The van der Waals surface area contributed by atoms with Gasteiger partial charge < -0.3 is 15.4 Å². The van der Waals surface area contributed by atoms with Crippen LogP contribution in [-0.2, 0) is 4.74 Å². The first kappa shape index (κ1) is 13.8. The first-order valence-corrected chi connectivity index (χ1v) is 8.08. The molecule has 3 aliphatic heterocycles. The molecule has 0 spiro atoms. The molecule has 3 aliphatic rings. The molecule has 2 N–H and O–H groups in total. The summed E-state index contributed by atoms with van der Waals surface area (Å²) in [6.45, 7) is 8.50. The first-order valence-electron chi connectivity index (χ1n) is 8.08. The zero-order valence-electron chi connectivity index (χ0n) is 12.3. The monoisotopic (exact) mass is 267 g/mol. The van der Waals surface area contributed by atoms with Gasteiger partial charge in [-0.3, -0.25) is 4.90 Å². The van der Waals surface area contributed by atoms with Gasteiger partial charge in [0.25, 0.3) is 0 Å². The molecule has 19 heavy (non-hydrogen) atoms. The van der Waals surface area contributed by atoms with Crippen LogP contribution >= 0.6 is 0 Å². The average molecular weight is 267 g/mol. The summed E-state index contributed by atoms with van der Waals surface area (Å²) < 4.78 is 5.68. The molecule has 0 amide bonds. The van der Waals surface area contributed by atoms with E-state index in [-0.39, 0.29) is 5.54 Å². The number of nitrogens with zero attached hydrogens (tertiary/aromatic N) is 2. The van der Waals surface area contributed by atoms with Crippen molar-refractivity contribution in [1.82, 2.24) is 9.80 Å². The second-order valence-electron chi connectivity index (χ2n) is 6.54. The van der Waals surface area contributed by atoms with E-state index in [2.05, 4.69) is 16.7 Å². The van der Waals surface area contributed by atoms with Gasteiger partial charge in [-0.25, -0.2) is 0 Å². The van der Waals surface area contributed by atoms with E-state index in [9.17, 15) is 0 Å². The van der Waals surface area contributed by atoms with Crippen LogP contribution in [0.1, 0.15) is 39.0 Å². The predicted octanol–water partition coefficient (Wildman–Crippen LogP) is 1.05. The van der Waals surface area contributed by atoms with E-state index >= 15 is 0 Å². The maximum absolute atomic E-state index is 6.27. The topological polar surface area (TPSA) is 41.7 Å². The molecule has 4 nitrogen and oxygen atoms in total. The largest absolute Gasteiger partial charge is 0.378 e. The van der Waals surface area contributed by atoms with Crippen molar-refractivity contribution in [3.05, 3.63) is 0 Å². The van der Waals surface area contributed by atoms with Gasteiger partial charge in [-0.1, -0.05) is 6.92 Å². The lowest BCUT2D eigenvalue weighted by Gasteiger charge is -2.54. The number of rotatable bonds is 3. The second-order valence-corrected chi connectivity index (χ2v) is 6.54. The van der Waals surface area contributed by atoms with Gasteiger partial charge in [0.1, 0.15) is 0 Å². The molecule has 0 aliphatic carbocycles. The van der Waals surface area contributed by atoms with Gasteiger partial charge in [0.05, 0.1) is 13.2 Å². The van der Waals surface area contributed by atoms with Crippen LogP contribution in [0.15, 0.2) is 0 Å². The van der Waals surface area contributed by atoms with Crippen molar-refractivity contribution in [2.24, 2.45) is 5.73 Å². The van der Waals surface area contributed by atoms with Gasteiger partial charge in [0.2, 0.25) is 0 Å². The lowest BCUT2D eigenvalue weighted by molar-refractivity contribution is -0.0881. The summed E-state index contributed by atoms with van der Waals surface area (Å²) in [6.07, 6.45) is 6.46. The number of nitrogens with two attached hydrogens (primary N) is 1. The Kier molecular flexibility index (Phi) is 4.13. The maximum atomic E-state index is 6.27. The third kappa shape index (κ3) is 2.44. The fourth-order valence-electron chi connectivity index (χ4n) is 4.49. The van der Waals surface area contributed by atoms with Gasteiger partial charge in [-0.05, 0) is 38.6 Å². The highest BCUT2D eigenvalue weighted by molar-refractivity contribution is 5.03. The summed E-state index contributed by atoms with van der Waals surface area (Å²) in [4.78, 5) is 5.40. The fraction of sp³-hybridized carbons (Fsp3) is 1.00. The van der Waals surface area contributed by atoms with E-state index in [0.29, 0.717) is 6.04 Å². The molecule has 3 rings (SSSR count). The van der Waals surface area contributed by atoms with Crippen LogP contribution in [0.2, 0.25) is 0 Å². The molecule has 3 heterocycles. The molecular formula is C15H29N3O. The Morgan fingerprint density at radius 1 is 1.32 bits per heavy atom. The van der Waals surface area contributed by atoms with E-state index in [1.807, 2.05) is 0 Å². The molecule has 0 radical (unpaired) electrons. The van der Waals surface area contributed by atoms with Crippen molar-refractivity contribution in [2.45, 2.75) is 56.7 Å². The molecule has 4 heteroatoms. The molecule has 110 valence electrons. The molecule has 3 fully saturated rings. The lowest BCUT2D eigenvalue weighted by atomic mass is 9.80. The van der Waals surface area contributed by atoms with Crippen LogP contribution in [0.5, 0.6) is 0 Å². The molecule has 3 atom stereocenters. The second kappa shape index (κ2) is 5.68.